The lowest BCUT2D eigenvalue weighted by atomic mass is 10.0. The van der Waals surface area contributed by atoms with E-state index in [9.17, 15) is 14.0 Å². The highest BCUT2D eigenvalue weighted by atomic mass is 19.1. The number of likely N-dealkylation sites (tertiary alicyclic amines) is 1. The monoisotopic (exact) mass is 367 g/mol. The summed E-state index contributed by atoms with van der Waals surface area (Å²) in [4.78, 5) is 28.6. The van der Waals surface area contributed by atoms with Crippen molar-refractivity contribution in [2.75, 3.05) is 13.1 Å². The molecular formula is C21H22FN3O2. The van der Waals surface area contributed by atoms with Gasteiger partial charge in [-0.1, -0.05) is 30.3 Å². The van der Waals surface area contributed by atoms with Gasteiger partial charge in [-0.25, -0.2) is 4.39 Å². The summed E-state index contributed by atoms with van der Waals surface area (Å²) in [5.41, 5.74) is 7.76. The molecule has 0 aliphatic carbocycles. The largest absolute Gasteiger partial charge is 0.366 e. The maximum absolute atomic E-state index is 13.9. The molecule has 140 valence electrons. The highest BCUT2D eigenvalue weighted by Crippen LogP contribution is 2.31. The molecule has 1 fully saturated rings. The molecule has 6 heteroatoms. The Morgan fingerprint density at radius 2 is 1.85 bits per heavy atom. The average Bonchev–Trinajstić information content (AvgIpc) is 3.01. The van der Waals surface area contributed by atoms with Crippen LogP contribution in [-0.2, 0) is 13.1 Å². The SMILES string of the molecule is NC(=O)c1cccc2c1C(=O)N(C1CCN(Cc3ccccc3F)CC1)C2. The van der Waals surface area contributed by atoms with Gasteiger partial charge in [0.1, 0.15) is 5.82 Å². The summed E-state index contributed by atoms with van der Waals surface area (Å²) >= 11 is 0. The molecule has 0 bridgehead atoms. The van der Waals surface area contributed by atoms with E-state index in [0.717, 1.165) is 31.5 Å². The number of halogens is 1. The van der Waals surface area contributed by atoms with Crippen molar-refractivity contribution in [3.05, 3.63) is 70.5 Å². The lowest BCUT2D eigenvalue weighted by Crippen LogP contribution is -2.44. The lowest BCUT2D eigenvalue weighted by molar-refractivity contribution is 0.0587. The molecule has 1 saturated heterocycles. The standard InChI is InChI=1S/C21H22FN3O2/c22-18-7-2-1-4-14(18)12-24-10-8-16(9-11-24)25-13-15-5-3-6-17(20(23)26)19(15)21(25)27/h1-7,16H,8-13H2,(H2,23,26). The molecule has 0 radical (unpaired) electrons. The number of benzene rings is 2. The minimum absolute atomic E-state index is 0.105. The Bertz CT molecular complexity index is 891. The van der Waals surface area contributed by atoms with Crippen LogP contribution < -0.4 is 5.73 Å². The summed E-state index contributed by atoms with van der Waals surface area (Å²) in [7, 11) is 0. The molecular weight excluding hydrogens is 345 g/mol. The highest BCUT2D eigenvalue weighted by molar-refractivity contribution is 6.09. The average molecular weight is 367 g/mol. The van der Waals surface area contributed by atoms with Gasteiger partial charge in [0.15, 0.2) is 0 Å². The number of nitrogens with two attached hydrogens (primary N) is 1. The second-order valence-corrected chi connectivity index (χ2v) is 7.24. The van der Waals surface area contributed by atoms with E-state index in [4.69, 9.17) is 5.73 Å². The van der Waals surface area contributed by atoms with Crippen molar-refractivity contribution in [2.24, 2.45) is 5.73 Å². The first-order valence-electron chi connectivity index (χ1n) is 9.23. The number of fused-ring (bicyclic) bond motifs is 1. The Morgan fingerprint density at radius 3 is 2.56 bits per heavy atom. The lowest BCUT2D eigenvalue weighted by Gasteiger charge is -2.36. The zero-order valence-electron chi connectivity index (χ0n) is 15.0. The Kier molecular flexibility index (Phi) is 4.66. The van der Waals surface area contributed by atoms with Crippen LogP contribution in [0.4, 0.5) is 4.39 Å². The molecule has 0 aromatic heterocycles. The third-order valence-corrected chi connectivity index (χ3v) is 5.58. The van der Waals surface area contributed by atoms with E-state index in [1.807, 2.05) is 23.1 Å². The minimum Gasteiger partial charge on any atom is -0.366 e. The molecule has 0 atom stereocenters. The zero-order chi connectivity index (χ0) is 19.0. The number of primary amides is 1. The van der Waals surface area contributed by atoms with Gasteiger partial charge in [0.05, 0.1) is 11.1 Å². The van der Waals surface area contributed by atoms with Crippen LogP contribution in [0.3, 0.4) is 0 Å². The van der Waals surface area contributed by atoms with E-state index in [1.165, 1.54) is 6.07 Å². The van der Waals surface area contributed by atoms with E-state index in [2.05, 4.69) is 4.90 Å². The smallest absolute Gasteiger partial charge is 0.255 e. The van der Waals surface area contributed by atoms with Crippen LogP contribution in [0.2, 0.25) is 0 Å². The van der Waals surface area contributed by atoms with Gasteiger partial charge in [0, 0.05) is 37.8 Å². The van der Waals surface area contributed by atoms with E-state index in [1.54, 1.807) is 18.2 Å². The van der Waals surface area contributed by atoms with Crippen molar-refractivity contribution in [1.82, 2.24) is 9.80 Å². The van der Waals surface area contributed by atoms with Crippen LogP contribution in [0, 0.1) is 5.82 Å². The number of hydrogen-bond acceptors (Lipinski definition) is 3. The molecule has 4 rings (SSSR count). The maximum Gasteiger partial charge on any atom is 0.255 e. The fraction of sp³-hybridized carbons (Fsp3) is 0.333. The van der Waals surface area contributed by atoms with Crippen molar-refractivity contribution in [3.8, 4) is 0 Å². The first-order chi connectivity index (χ1) is 13.0. The van der Waals surface area contributed by atoms with E-state index >= 15 is 0 Å². The van der Waals surface area contributed by atoms with Crippen molar-refractivity contribution in [1.29, 1.82) is 0 Å². The third-order valence-electron chi connectivity index (χ3n) is 5.58. The molecule has 0 saturated carbocycles. The van der Waals surface area contributed by atoms with Crippen molar-refractivity contribution >= 4 is 11.8 Å². The first kappa shape index (κ1) is 17.7. The number of amides is 2. The third kappa shape index (κ3) is 3.32. The molecule has 5 nitrogen and oxygen atoms in total. The zero-order valence-corrected chi connectivity index (χ0v) is 15.0. The molecule has 2 aromatic carbocycles. The van der Waals surface area contributed by atoms with Crippen molar-refractivity contribution in [3.63, 3.8) is 0 Å². The Labute approximate surface area is 157 Å². The van der Waals surface area contributed by atoms with Crippen molar-refractivity contribution in [2.45, 2.75) is 32.0 Å². The van der Waals surface area contributed by atoms with E-state index in [-0.39, 0.29) is 17.8 Å². The molecule has 2 amide bonds. The molecule has 2 aromatic rings. The summed E-state index contributed by atoms with van der Waals surface area (Å²) in [5, 5.41) is 0. The van der Waals surface area contributed by atoms with Gasteiger partial charge in [0.2, 0.25) is 5.91 Å². The highest BCUT2D eigenvalue weighted by Gasteiger charge is 2.36. The van der Waals surface area contributed by atoms with Crippen LogP contribution in [0.5, 0.6) is 0 Å². The van der Waals surface area contributed by atoms with Gasteiger partial charge >= 0.3 is 0 Å². The fourth-order valence-corrected chi connectivity index (χ4v) is 4.14. The molecule has 2 aliphatic heterocycles. The van der Waals surface area contributed by atoms with Gasteiger partial charge in [-0.05, 0) is 30.5 Å². The number of hydrogen-bond donors (Lipinski definition) is 1. The second kappa shape index (κ2) is 7.12. The summed E-state index contributed by atoms with van der Waals surface area (Å²) < 4.78 is 13.9. The second-order valence-electron chi connectivity index (χ2n) is 7.24. The van der Waals surface area contributed by atoms with Crippen molar-refractivity contribution < 1.29 is 14.0 Å². The topological polar surface area (TPSA) is 66.6 Å². The van der Waals surface area contributed by atoms with E-state index in [0.29, 0.717) is 29.8 Å². The predicted molar refractivity (Wildman–Crippen MR) is 99.5 cm³/mol. The molecule has 0 spiro atoms. The maximum atomic E-state index is 13.9. The van der Waals surface area contributed by atoms with Crippen LogP contribution in [0.15, 0.2) is 42.5 Å². The number of rotatable bonds is 4. The fourth-order valence-electron chi connectivity index (χ4n) is 4.14. The minimum atomic E-state index is -0.568. The summed E-state index contributed by atoms with van der Waals surface area (Å²) in [6.45, 7) is 2.72. The van der Waals surface area contributed by atoms with Gasteiger partial charge < -0.3 is 10.6 Å². The number of carbonyl (C=O) groups is 2. The molecule has 27 heavy (non-hydrogen) atoms. The van der Waals surface area contributed by atoms with Gasteiger partial charge in [-0.3, -0.25) is 14.5 Å². The number of carbonyl (C=O) groups excluding carboxylic acids is 2. The molecule has 2 heterocycles. The number of nitrogens with zero attached hydrogens (tertiary/aromatic N) is 2. The van der Waals surface area contributed by atoms with Gasteiger partial charge in [-0.15, -0.1) is 0 Å². The Balaban J connectivity index is 1.42. The number of piperidine rings is 1. The van der Waals surface area contributed by atoms with Crippen LogP contribution in [0.1, 0.15) is 44.7 Å². The summed E-state index contributed by atoms with van der Waals surface area (Å²) in [6.07, 6.45) is 1.67. The Morgan fingerprint density at radius 1 is 1.11 bits per heavy atom. The quantitative estimate of drug-likeness (QED) is 0.903. The summed E-state index contributed by atoms with van der Waals surface area (Å²) in [6, 6.07) is 12.2. The van der Waals surface area contributed by atoms with Gasteiger partial charge in [0.25, 0.3) is 5.91 Å². The van der Waals surface area contributed by atoms with Crippen LogP contribution in [-0.4, -0.2) is 40.7 Å². The van der Waals surface area contributed by atoms with E-state index < -0.39 is 5.91 Å². The molecule has 2 aliphatic rings. The summed E-state index contributed by atoms with van der Waals surface area (Å²) in [5.74, 6) is -0.850. The Hall–Kier alpha value is -2.73. The van der Waals surface area contributed by atoms with Crippen LogP contribution in [0.25, 0.3) is 0 Å². The van der Waals surface area contributed by atoms with Crippen LogP contribution >= 0.6 is 0 Å². The van der Waals surface area contributed by atoms with Gasteiger partial charge in [-0.2, -0.15) is 0 Å². The first-order valence-corrected chi connectivity index (χ1v) is 9.23. The normalized spacial score (nSPS) is 18.0. The predicted octanol–water partition coefficient (Wildman–Crippen LogP) is 2.55. The molecule has 2 N–H and O–H groups in total. The molecule has 0 unspecified atom stereocenters.